The molecule has 0 saturated carbocycles. The Bertz CT molecular complexity index is 1010. The number of carbonyl (C=O) groups is 1. The topological polar surface area (TPSA) is 109 Å². The third-order valence-corrected chi connectivity index (χ3v) is 6.39. The number of carbonyl (C=O) groups excluding carboxylic acids is 1. The molecule has 1 atom stereocenters. The minimum Gasteiger partial charge on any atom is -0.346 e. The number of rotatable bonds is 7. The van der Waals surface area contributed by atoms with Crippen molar-refractivity contribution in [3.63, 3.8) is 0 Å². The van der Waals surface area contributed by atoms with E-state index in [2.05, 4.69) is 10.0 Å². The maximum Gasteiger partial charge on any atom is 0.251 e. The average Bonchev–Trinajstić information content (AvgIpc) is 2.61. The van der Waals surface area contributed by atoms with Crippen molar-refractivity contribution in [2.45, 2.75) is 24.8 Å². The lowest BCUT2D eigenvalue weighted by atomic mass is 10.1. The van der Waals surface area contributed by atoms with Gasteiger partial charge < -0.3 is 5.32 Å². The van der Waals surface area contributed by atoms with Crippen LogP contribution in [0.5, 0.6) is 0 Å². The number of amides is 1. The molecule has 0 aromatic heterocycles. The molecule has 1 amide bonds. The normalized spacial score (nSPS) is 13.0. The monoisotopic (exact) mass is 410 g/mol. The van der Waals surface area contributed by atoms with Crippen LogP contribution < -0.4 is 10.0 Å². The highest BCUT2D eigenvalue weighted by Crippen LogP contribution is 2.17. The molecule has 0 heterocycles. The molecule has 2 aromatic rings. The van der Waals surface area contributed by atoms with Crippen molar-refractivity contribution in [2.75, 3.05) is 16.7 Å². The van der Waals surface area contributed by atoms with Gasteiger partial charge in [0.2, 0.25) is 10.0 Å². The zero-order valence-corrected chi connectivity index (χ0v) is 16.9. The molecule has 146 valence electrons. The Kier molecular flexibility index (Phi) is 6.27. The summed E-state index contributed by atoms with van der Waals surface area (Å²) in [5, 5.41) is 2.82. The minimum atomic E-state index is -3.37. The molecule has 0 bridgehead atoms. The predicted octanol–water partition coefficient (Wildman–Crippen LogP) is 2.34. The Hall–Kier alpha value is -2.39. The fraction of sp³-hybridized carbons (Fsp3) is 0.278. The molecule has 2 rings (SSSR count). The summed E-state index contributed by atoms with van der Waals surface area (Å²) in [7, 11) is -6.63. The largest absolute Gasteiger partial charge is 0.346 e. The van der Waals surface area contributed by atoms with E-state index in [0.717, 1.165) is 11.8 Å². The van der Waals surface area contributed by atoms with Gasteiger partial charge in [0.05, 0.1) is 16.7 Å². The lowest BCUT2D eigenvalue weighted by Gasteiger charge is -2.15. The summed E-state index contributed by atoms with van der Waals surface area (Å²) in [5.41, 5.74) is 1.54. The van der Waals surface area contributed by atoms with Gasteiger partial charge in [0.15, 0.2) is 9.84 Å². The van der Waals surface area contributed by atoms with Crippen LogP contribution in [0.15, 0.2) is 53.4 Å². The van der Waals surface area contributed by atoms with Crippen LogP contribution in [0.25, 0.3) is 0 Å². The minimum absolute atomic E-state index is 0.0368. The summed E-state index contributed by atoms with van der Waals surface area (Å²) in [6, 6.07) is 12.1. The van der Waals surface area contributed by atoms with Crippen LogP contribution in [0.1, 0.15) is 35.8 Å². The van der Waals surface area contributed by atoms with Gasteiger partial charge in [-0.05, 0) is 55.8 Å². The molecule has 1 unspecified atom stereocenters. The van der Waals surface area contributed by atoms with Crippen LogP contribution in [0.2, 0.25) is 0 Å². The van der Waals surface area contributed by atoms with Gasteiger partial charge in [0.1, 0.15) is 0 Å². The number of sulfone groups is 1. The second kappa shape index (κ2) is 8.10. The highest BCUT2D eigenvalue weighted by atomic mass is 32.2. The first kappa shape index (κ1) is 20.9. The van der Waals surface area contributed by atoms with Crippen molar-refractivity contribution in [1.82, 2.24) is 5.32 Å². The van der Waals surface area contributed by atoms with Crippen molar-refractivity contribution in [2.24, 2.45) is 0 Å². The fourth-order valence-electron chi connectivity index (χ4n) is 2.31. The van der Waals surface area contributed by atoms with E-state index < -0.39 is 19.9 Å². The van der Waals surface area contributed by atoms with Crippen molar-refractivity contribution in [3.05, 3.63) is 59.7 Å². The first-order valence-electron chi connectivity index (χ1n) is 8.23. The van der Waals surface area contributed by atoms with Crippen LogP contribution in [-0.4, -0.2) is 34.8 Å². The number of hydrogen-bond donors (Lipinski definition) is 2. The van der Waals surface area contributed by atoms with E-state index in [4.69, 9.17) is 0 Å². The van der Waals surface area contributed by atoms with Crippen molar-refractivity contribution in [3.8, 4) is 0 Å². The molecule has 0 spiro atoms. The van der Waals surface area contributed by atoms with Gasteiger partial charge in [0.25, 0.3) is 5.91 Å². The van der Waals surface area contributed by atoms with E-state index in [1.807, 2.05) is 0 Å². The van der Waals surface area contributed by atoms with E-state index in [-0.39, 0.29) is 22.6 Å². The quantitative estimate of drug-likeness (QED) is 0.728. The third kappa shape index (κ3) is 5.80. The smallest absolute Gasteiger partial charge is 0.251 e. The molecule has 27 heavy (non-hydrogen) atoms. The summed E-state index contributed by atoms with van der Waals surface area (Å²) < 4.78 is 48.5. The standard InChI is InChI=1S/C18H22N2O5S2/c1-4-27(24,25)20-16-9-5-15(6-10-16)18(21)19-13(2)14-7-11-17(12-8-14)26(3,22)23/h5-13,20H,4H2,1-3H3,(H,19,21). The lowest BCUT2D eigenvalue weighted by Crippen LogP contribution is -2.26. The highest BCUT2D eigenvalue weighted by molar-refractivity contribution is 7.92. The summed E-state index contributed by atoms with van der Waals surface area (Å²) in [6.07, 6.45) is 1.14. The van der Waals surface area contributed by atoms with Crippen molar-refractivity contribution < 1.29 is 21.6 Å². The second-order valence-corrected chi connectivity index (χ2v) is 10.1. The molecule has 2 aromatic carbocycles. The molecule has 0 radical (unpaired) electrons. The third-order valence-electron chi connectivity index (χ3n) is 3.96. The van der Waals surface area contributed by atoms with Gasteiger partial charge >= 0.3 is 0 Å². The summed E-state index contributed by atoms with van der Waals surface area (Å²) in [6.45, 7) is 3.32. The van der Waals surface area contributed by atoms with E-state index in [0.29, 0.717) is 11.3 Å². The van der Waals surface area contributed by atoms with Crippen molar-refractivity contribution >= 4 is 31.5 Å². The Morgan fingerprint density at radius 2 is 1.52 bits per heavy atom. The Morgan fingerprint density at radius 3 is 2.00 bits per heavy atom. The molecule has 9 heteroatoms. The van der Waals surface area contributed by atoms with Crippen LogP contribution in [-0.2, 0) is 19.9 Å². The van der Waals surface area contributed by atoms with Crippen LogP contribution in [0, 0.1) is 0 Å². The fourth-order valence-corrected chi connectivity index (χ4v) is 3.58. The number of anilines is 1. The second-order valence-electron chi connectivity index (χ2n) is 6.12. The molecule has 0 fully saturated rings. The maximum absolute atomic E-state index is 12.4. The number of nitrogens with one attached hydrogen (secondary N) is 2. The summed E-state index contributed by atoms with van der Waals surface area (Å²) >= 11 is 0. The first-order chi connectivity index (χ1) is 12.5. The van der Waals surface area contributed by atoms with Crippen molar-refractivity contribution in [1.29, 1.82) is 0 Å². The van der Waals surface area contributed by atoms with Gasteiger partial charge in [-0.25, -0.2) is 16.8 Å². The van der Waals surface area contributed by atoms with Crippen LogP contribution >= 0.6 is 0 Å². The van der Waals surface area contributed by atoms with Crippen LogP contribution in [0.3, 0.4) is 0 Å². The number of hydrogen-bond acceptors (Lipinski definition) is 5. The summed E-state index contributed by atoms with van der Waals surface area (Å²) in [5.74, 6) is -0.357. The zero-order valence-electron chi connectivity index (χ0n) is 15.3. The maximum atomic E-state index is 12.4. The van der Waals surface area contributed by atoms with E-state index >= 15 is 0 Å². The SMILES string of the molecule is CCS(=O)(=O)Nc1ccc(C(=O)NC(C)c2ccc(S(C)(=O)=O)cc2)cc1. The van der Waals surface area contributed by atoms with E-state index in [1.165, 1.54) is 43.3 Å². The van der Waals surface area contributed by atoms with Gasteiger partial charge in [-0.15, -0.1) is 0 Å². The molecule has 0 aliphatic carbocycles. The molecular weight excluding hydrogens is 388 g/mol. The zero-order chi connectivity index (χ0) is 20.2. The molecule has 0 aliphatic heterocycles. The van der Waals surface area contributed by atoms with Gasteiger partial charge in [-0.3, -0.25) is 9.52 Å². The molecule has 2 N–H and O–H groups in total. The van der Waals surface area contributed by atoms with Gasteiger partial charge in [-0.1, -0.05) is 12.1 Å². The summed E-state index contributed by atoms with van der Waals surface area (Å²) in [4.78, 5) is 12.6. The number of benzene rings is 2. The van der Waals surface area contributed by atoms with E-state index in [1.54, 1.807) is 19.1 Å². The highest BCUT2D eigenvalue weighted by Gasteiger charge is 2.14. The molecule has 7 nitrogen and oxygen atoms in total. The Balaban J connectivity index is 2.06. The lowest BCUT2D eigenvalue weighted by molar-refractivity contribution is 0.0940. The Labute approximate surface area is 159 Å². The molecule has 0 saturated heterocycles. The predicted molar refractivity (Wildman–Crippen MR) is 105 cm³/mol. The van der Waals surface area contributed by atoms with E-state index in [9.17, 15) is 21.6 Å². The first-order valence-corrected chi connectivity index (χ1v) is 11.8. The Morgan fingerprint density at radius 1 is 0.963 bits per heavy atom. The van der Waals surface area contributed by atoms with Gasteiger partial charge in [0, 0.05) is 17.5 Å². The number of sulfonamides is 1. The molecule has 0 aliphatic rings. The van der Waals surface area contributed by atoms with Crippen LogP contribution in [0.4, 0.5) is 5.69 Å². The van der Waals surface area contributed by atoms with Gasteiger partial charge in [-0.2, -0.15) is 0 Å². The average molecular weight is 411 g/mol. The molecular formula is C18H22N2O5S2.